The van der Waals surface area contributed by atoms with Crippen LogP contribution in [0.4, 0.5) is 0 Å². The van der Waals surface area contributed by atoms with Crippen LogP contribution >= 0.6 is 0 Å². The summed E-state index contributed by atoms with van der Waals surface area (Å²) in [6.45, 7) is 7.12. The smallest absolute Gasteiger partial charge is 0.122 e. The van der Waals surface area contributed by atoms with Crippen LogP contribution in [0.5, 0.6) is 5.75 Å². The van der Waals surface area contributed by atoms with Crippen molar-refractivity contribution >= 4 is 0 Å². The van der Waals surface area contributed by atoms with E-state index in [4.69, 9.17) is 9.47 Å². The molecule has 0 saturated carbocycles. The Morgan fingerprint density at radius 3 is 3.00 bits per heavy atom. The third kappa shape index (κ3) is 2.84. The van der Waals surface area contributed by atoms with E-state index >= 15 is 0 Å². The van der Waals surface area contributed by atoms with Gasteiger partial charge in [0.25, 0.3) is 0 Å². The van der Waals surface area contributed by atoms with Gasteiger partial charge in [0.15, 0.2) is 0 Å². The average molecular weight is 275 g/mol. The topological polar surface area (TPSA) is 30.5 Å². The maximum Gasteiger partial charge on any atom is 0.122 e. The lowest BCUT2D eigenvalue weighted by Crippen LogP contribution is -2.38. The molecule has 2 aliphatic heterocycles. The zero-order chi connectivity index (χ0) is 14.0. The molecule has 0 spiro atoms. The quantitative estimate of drug-likeness (QED) is 0.895. The Kier molecular flexibility index (Phi) is 3.99. The molecule has 1 saturated heterocycles. The Labute approximate surface area is 121 Å². The molecular weight excluding hydrogens is 250 g/mol. The Morgan fingerprint density at radius 2 is 2.25 bits per heavy atom. The summed E-state index contributed by atoms with van der Waals surface area (Å²) >= 11 is 0. The van der Waals surface area contributed by atoms with E-state index in [9.17, 15) is 0 Å². The summed E-state index contributed by atoms with van der Waals surface area (Å²) in [6.07, 6.45) is 4.48. The lowest BCUT2D eigenvalue weighted by molar-refractivity contribution is 0.0186. The van der Waals surface area contributed by atoms with Gasteiger partial charge in [-0.15, -0.1) is 0 Å². The van der Waals surface area contributed by atoms with Gasteiger partial charge in [-0.05, 0) is 43.4 Å². The number of ether oxygens (including phenoxy) is 2. The number of rotatable bonds is 5. The highest BCUT2D eigenvalue weighted by Crippen LogP contribution is 2.30. The minimum atomic E-state index is 0.0211. The summed E-state index contributed by atoms with van der Waals surface area (Å²) in [6, 6.07) is 7.03. The molecule has 3 rings (SSSR count). The summed E-state index contributed by atoms with van der Waals surface area (Å²) in [5, 5.41) is 3.69. The standard InChI is InChI=1S/C17H25NO2/c1-3-15(18-12-17(2)8-4-9-20-17)13-5-6-16-14(11-13)7-10-19-16/h5-6,11,15,18H,3-4,7-10,12H2,1-2H3. The van der Waals surface area contributed by atoms with Gasteiger partial charge < -0.3 is 14.8 Å². The number of hydrogen-bond donors (Lipinski definition) is 1. The highest BCUT2D eigenvalue weighted by atomic mass is 16.5. The van der Waals surface area contributed by atoms with Crippen molar-refractivity contribution in [2.24, 2.45) is 0 Å². The predicted molar refractivity (Wildman–Crippen MR) is 80.3 cm³/mol. The third-order valence-electron chi connectivity index (χ3n) is 4.55. The molecule has 2 heterocycles. The lowest BCUT2D eigenvalue weighted by atomic mass is 9.98. The monoisotopic (exact) mass is 275 g/mol. The molecule has 1 aromatic carbocycles. The molecular formula is C17H25NO2. The summed E-state index contributed by atoms with van der Waals surface area (Å²) in [5.41, 5.74) is 2.75. The zero-order valence-electron chi connectivity index (χ0n) is 12.6. The van der Waals surface area contributed by atoms with Gasteiger partial charge in [-0.25, -0.2) is 0 Å². The summed E-state index contributed by atoms with van der Waals surface area (Å²) in [4.78, 5) is 0. The second-order valence-corrected chi connectivity index (χ2v) is 6.21. The van der Waals surface area contributed by atoms with Gasteiger partial charge in [-0.1, -0.05) is 19.1 Å². The molecule has 2 unspecified atom stereocenters. The Bertz CT molecular complexity index is 466. The minimum absolute atomic E-state index is 0.0211. The van der Waals surface area contributed by atoms with E-state index in [1.165, 1.54) is 17.5 Å². The van der Waals surface area contributed by atoms with Crippen LogP contribution in [0.15, 0.2) is 18.2 Å². The van der Waals surface area contributed by atoms with Gasteiger partial charge in [0.05, 0.1) is 12.2 Å². The second kappa shape index (κ2) is 5.74. The SMILES string of the molecule is CCC(NCC1(C)CCCO1)c1ccc2c(c1)CCO2. The molecule has 0 bridgehead atoms. The van der Waals surface area contributed by atoms with Crippen LogP contribution in [0.1, 0.15) is 50.3 Å². The van der Waals surface area contributed by atoms with Gasteiger partial charge in [-0.2, -0.15) is 0 Å². The van der Waals surface area contributed by atoms with E-state index in [0.29, 0.717) is 6.04 Å². The second-order valence-electron chi connectivity index (χ2n) is 6.21. The maximum absolute atomic E-state index is 5.86. The van der Waals surface area contributed by atoms with Crippen LogP contribution in [0, 0.1) is 0 Å². The van der Waals surface area contributed by atoms with Crippen molar-refractivity contribution in [3.63, 3.8) is 0 Å². The Hall–Kier alpha value is -1.06. The molecule has 0 radical (unpaired) electrons. The van der Waals surface area contributed by atoms with Gasteiger partial charge >= 0.3 is 0 Å². The number of nitrogens with one attached hydrogen (secondary N) is 1. The molecule has 0 aliphatic carbocycles. The molecule has 0 amide bonds. The van der Waals surface area contributed by atoms with Crippen LogP contribution in [0.3, 0.4) is 0 Å². The van der Waals surface area contributed by atoms with Crippen LogP contribution < -0.4 is 10.1 Å². The molecule has 2 atom stereocenters. The van der Waals surface area contributed by atoms with Crippen molar-refractivity contribution in [2.45, 2.75) is 51.2 Å². The van der Waals surface area contributed by atoms with Crippen LogP contribution in [0.25, 0.3) is 0 Å². The van der Waals surface area contributed by atoms with Gasteiger partial charge in [0.2, 0.25) is 0 Å². The number of hydrogen-bond acceptors (Lipinski definition) is 3. The molecule has 1 N–H and O–H groups in total. The van der Waals surface area contributed by atoms with E-state index in [0.717, 1.165) is 44.8 Å². The Balaban J connectivity index is 1.67. The first kappa shape index (κ1) is 13.9. The zero-order valence-corrected chi connectivity index (χ0v) is 12.6. The van der Waals surface area contributed by atoms with Gasteiger partial charge in [0, 0.05) is 25.6 Å². The number of benzene rings is 1. The van der Waals surface area contributed by atoms with Crippen molar-refractivity contribution in [2.75, 3.05) is 19.8 Å². The highest BCUT2D eigenvalue weighted by molar-refractivity contribution is 5.40. The molecule has 1 aromatic rings. The Morgan fingerprint density at radius 1 is 1.35 bits per heavy atom. The van der Waals surface area contributed by atoms with Gasteiger partial charge in [0.1, 0.15) is 5.75 Å². The van der Waals surface area contributed by atoms with Crippen LogP contribution in [0.2, 0.25) is 0 Å². The van der Waals surface area contributed by atoms with Crippen molar-refractivity contribution in [3.8, 4) is 5.75 Å². The molecule has 110 valence electrons. The highest BCUT2D eigenvalue weighted by Gasteiger charge is 2.30. The molecule has 2 aliphatic rings. The summed E-state index contributed by atoms with van der Waals surface area (Å²) < 4.78 is 11.4. The lowest BCUT2D eigenvalue weighted by Gasteiger charge is -2.27. The molecule has 3 heteroatoms. The first-order chi connectivity index (χ1) is 9.70. The maximum atomic E-state index is 5.86. The molecule has 1 fully saturated rings. The molecule has 0 aromatic heterocycles. The van der Waals surface area contributed by atoms with E-state index in [2.05, 4.69) is 37.4 Å². The third-order valence-corrected chi connectivity index (χ3v) is 4.55. The minimum Gasteiger partial charge on any atom is -0.493 e. The van der Waals surface area contributed by atoms with Crippen LogP contribution in [-0.2, 0) is 11.2 Å². The molecule has 3 nitrogen and oxygen atoms in total. The first-order valence-corrected chi connectivity index (χ1v) is 7.83. The van der Waals surface area contributed by atoms with Gasteiger partial charge in [-0.3, -0.25) is 0 Å². The van der Waals surface area contributed by atoms with E-state index < -0.39 is 0 Å². The fraction of sp³-hybridized carbons (Fsp3) is 0.647. The largest absolute Gasteiger partial charge is 0.493 e. The normalized spacial score (nSPS) is 26.3. The van der Waals surface area contributed by atoms with E-state index in [1.54, 1.807) is 0 Å². The van der Waals surface area contributed by atoms with Crippen molar-refractivity contribution in [1.29, 1.82) is 0 Å². The average Bonchev–Trinajstić information content (AvgIpc) is 3.08. The summed E-state index contributed by atoms with van der Waals surface area (Å²) in [5.74, 6) is 1.06. The van der Waals surface area contributed by atoms with Crippen molar-refractivity contribution in [3.05, 3.63) is 29.3 Å². The molecule has 20 heavy (non-hydrogen) atoms. The fourth-order valence-electron chi connectivity index (χ4n) is 3.24. The first-order valence-electron chi connectivity index (χ1n) is 7.83. The van der Waals surface area contributed by atoms with E-state index in [1.807, 2.05) is 0 Å². The van der Waals surface area contributed by atoms with Crippen molar-refractivity contribution < 1.29 is 9.47 Å². The number of fused-ring (bicyclic) bond motifs is 1. The van der Waals surface area contributed by atoms with Crippen molar-refractivity contribution in [1.82, 2.24) is 5.32 Å². The van der Waals surface area contributed by atoms with Crippen LogP contribution in [-0.4, -0.2) is 25.4 Å². The fourth-order valence-corrected chi connectivity index (χ4v) is 3.24. The summed E-state index contributed by atoms with van der Waals surface area (Å²) in [7, 11) is 0. The predicted octanol–water partition coefficient (Wildman–Crippen LogP) is 3.23. The van der Waals surface area contributed by atoms with E-state index in [-0.39, 0.29) is 5.60 Å².